The zero-order valence-electron chi connectivity index (χ0n) is 10.8. The van der Waals surface area contributed by atoms with Crippen molar-refractivity contribution in [3.63, 3.8) is 0 Å². The van der Waals surface area contributed by atoms with Crippen molar-refractivity contribution >= 4 is 0 Å². The molecule has 3 rings (SSSR count). The molecule has 0 bridgehead atoms. The van der Waals surface area contributed by atoms with Crippen molar-refractivity contribution < 1.29 is 0 Å². The highest BCUT2D eigenvalue weighted by Gasteiger charge is 2.39. The maximum atomic E-state index is 9.43. The summed E-state index contributed by atoms with van der Waals surface area (Å²) in [4.78, 5) is 0. The normalized spacial score (nSPS) is 26.1. The van der Waals surface area contributed by atoms with Crippen molar-refractivity contribution in [1.82, 2.24) is 5.32 Å². The maximum absolute atomic E-state index is 9.43. The van der Waals surface area contributed by atoms with Crippen molar-refractivity contribution in [2.75, 3.05) is 13.1 Å². The van der Waals surface area contributed by atoms with Gasteiger partial charge in [-0.2, -0.15) is 5.26 Å². The van der Waals surface area contributed by atoms with E-state index in [1.165, 1.54) is 30.4 Å². The molecule has 0 aromatic heterocycles. The minimum absolute atomic E-state index is 0.169. The standard InChI is InChI=1S/C16H20N2/c17-12-16(7-3-8-16)15-6-1-4-13(10-15)14-5-2-9-18-11-14/h1,4,6,10,14,18H,2-3,5,7-9,11H2. The van der Waals surface area contributed by atoms with Gasteiger partial charge in [-0.1, -0.05) is 24.3 Å². The summed E-state index contributed by atoms with van der Waals surface area (Å²) >= 11 is 0. The third kappa shape index (κ3) is 1.93. The molecule has 1 saturated carbocycles. The summed E-state index contributed by atoms with van der Waals surface area (Å²) < 4.78 is 0. The Balaban J connectivity index is 1.87. The van der Waals surface area contributed by atoms with E-state index in [0.717, 1.165) is 25.9 Å². The van der Waals surface area contributed by atoms with Crippen LogP contribution in [0.25, 0.3) is 0 Å². The lowest BCUT2D eigenvalue weighted by molar-refractivity contribution is 0.323. The molecule has 2 heteroatoms. The topological polar surface area (TPSA) is 35.8 Å². The molecule has 1 N–H and O–H groups in total. The summed E-state index contributed by atoms with van der Waals surface area (Å²) in [5.74, 6) is 0.634. The maximum Gasteiger partial charge on any atom is 0.0822 e. The van der Waals surface area contributed by atoms with E-state index in [2.05, 4.69) is 35.7 Å². The van der Waals surface area contributed by atoms with Crippen molar-refractivity contribution in [3.8, 4) is 6.07 Å². The molecule has 0 radical (unpaired) electrons. The predicted molar refractivity (Wildman–Crippen MR) is 72.4 cm³/mol. The summed E-state index contributed by atoms with van der Waals surface area (Å²) in [5, 5.41) is 12.9. The molecule has 2 fully saturated rings. The van der Waals surface area contributed by atoms with E-state index in [1.54, 1.807) is 0 Å². The van der Waals surface area contributed by atoms with E-state index in [9.17, 15) is 5.26 Å². The van der Waals surface area contributed by atoms with Crippen molar-refractivity contribution in [3.05, 3.63) is 35.4 Å². The summed E-state index contributed by atoms with van der Waals surface area (Å²) in [5.41, 5.74) is 2.50. The fourth-order valence-electron chi connectivity index (χ4n) is 3.22. The van der Waals surface area contributed by atoms with Crippen LogP contribution in [-0.2, 0) is 5.41 Å². The Hall–Kier alpha value is -1.33. The molecule has 1 unspecified atom stereocenters. The Morgan fingerprint density at radius 3 is 2.78 bits per heavy atom. The van der Waals surface area contributed by atoms with Crippen LogP contribution in [0, 0.1) is 11.3 Å². The highest BCUT2D eigenvalue weighted by Crippen LogP contribution is 2.43. The molecule has 1 aromatic carbocycles. The van der Waals surface area contributed by atoms with Crippen molar-refractivity contribution in [1.29, 1.82) is 5.26 Å². The lowest BCUT2D eigenvalue weighted by Crippen LogP contribution is -2.33. The summed E-state index contributed by atoms with van der Waals surface area (Å²) in [6.07, 6.45) is 5.81. The van der Waals surface area contributed by atoms with Gasteiger partial charge in [0.2, 0.25) is 0 Å². The lowest BCUT2D eigenvalue weighted by Gasteiger charge is -2.36. The number of hydrogen-bond acceptors (Lipinski definition) is 2. The second-order valence-corrected chi connectivity index (χ2v) is 5.72. The number of nitrogens with zero attached hydrogens (tertiary/aromatic N) is 1. The molecular weight excluding hydrogens is 220 g/mol. The summed E-state index contributed by atoms with van der Waals surface area (Å²) in [7, 11) is 0. The molecule has 2 nitrogen and oxygen atoms in total. The van der Waals surface area contributed by atoms with Gasteiger partial charge in [-0.05, 0) is 55.7 Å². The van der Waals surface area contributed by atoms with Crippen LogP contribution in [0.4, 0.5) is 0 Å². The number of hydrogen-bond donors (Lipinski definition) is 1. The minimum atomic E-state index is -0.169. The molecule has 0 spiro atoms. The Labute approximate surface area is 109 Å². The van der Waals surface area contributed by atoms with Crippen LogP contribution in [0.2, 0.25) is 0 Å². The minimum Gasteiger partial charge on any atom is -0.316 e. The van der Waals surface area contributed by atoms with Crippen LogP contribution < -0.4 is 5.32 Å². The predicted octanol–water partition coefficient (Wildman–Crippen LogP) is 3.10. The quantitative estimate of drug-likeness (QED) is 0.862. The number of piperidine rings is 1. The van der Waals surface area contributed by atoms with Crippen LogP contribution in [0.3, 0.4) is 0 Å². The fourth-order valence-corrected chi connectivity index (χ4v) is 3.22. The second-order valence-electron chi connectivity index (χ2n) is 5.72. The zero-order valence-corrected chi connectivity index (χ0v) is 10.8. The molecule has 1 atom stereocenters. The molecule has 2 aliphatic rings. The average molecular weight is 240 g/mol. The van der Waals surface area contributed by atoms with E-state index in [4.69, 9.17) is 0 Å². The first kappa shape index (κ1) is 11.7. The third-order valence-corrected chi connectivity index (χ3v) is 4.63. The van der Waals surface area contributed by atoms with Crippen molar-refractivity contribution in [2.24, 2.45) is 0 Å². The first-order chi connectivity index (χ1) is 8.84. The zero-order chi connectivity index (χ0) is 12.4. The van der Waals surface area contributed by atoms with Crippen LogP contribution in [0.5, 0.6) is 0 Å². The largest absolute Gasteiger partial charge is 0.316 e. The molecule has 1 aliphatic carbocycles. The highest BCUT2D eigenvalue weighted by atomic mass is 14.9. The lowest BCUT2D eigenvalue weighted by atomic mass is 9.65. The molecule has 94 valence electrons. The number of benzene rings is 1. The Bertz CT molecular complexity index is 462. The van der Waals surface area contributed by atoms with E-state index in [1.807, 2.05) is 0 Å². The first-order valence-electron chi connectivity index (χ1n) is 7.06. The van der Waals surface area contributed by atoms with Gasteiger partial charge in [-0.25, -0.2) is 0 Å². The highest BCUT2D eigenvalue weighted by molar-refractivity contribution is 5.39. The number of rotatable bonds is 2. The van der Waals surface area contributed by atoms with Gasteiger partial charge in [0, 0.05) is 6.54 Å². The molecule has 1 heterocycles. The van der Waals surface area contributed by atoms with Gasteiger partial charge in [0.25, 0.3) is 0 Å². The van der Waals surface area contributed by atoms with Gasteiger partial charge in [0.15, 0.2) is 0 Å². The molecular formula is C16H20N2. The van der Waals surface area contributed by atoms with Gasteiger partial charge >= 0.3 is 0 Å². The Morgan fingerprint density at radius 1 is 1.28 bits per heavy atom. The van der Waals surface area contributed by atoms with E-state index >= 15 is 0 Å². The van der Waals surface area contributed by atoms with Crippen LogP contribution in [0.15, 0.2) is 24.3 Å². The van der Waals surface area contributed by atoms with Gasteiger partial charge in [-0.15, -0.1) is 0 Å². The molecule has 1 saturated heterocycles. The van der Waals surface area contributed by atoms with Crippen LogP contribution >= 0.6 is 0 Å². The van der Waals surface area contributed by atoms with Gasteiger partial charge in [0.05, 0.1) is 11.5 Å². The average Bonchev–Trinajstić information content (AvgIpc) is 2.40. The Morgan fingerprint density at radius 2 is 2.17 bits per heavy atom. The number of nitriles is 1. The van der Waals surface area contributed by atoms with E-state index in [0.29, 0.717) is 5.92 Å². The molecule has 0 amide bonds. The van der Waals surface area contributed by atoms with Crippen LogP contribution in [0.1, 0.15) is 49.1 Å². The van der Waals surface area contributed by atoms with Crippen LogP contribution in [-0.4, -0.2) is 13.1 Å². The molecule has 1 aromatic rings. The monoisotopic (exact) mass is 240 g/mol. The van der Waals surface area contributed by atoms with Gasteiger partial charge in [-0.3, -0.25) is 0 Å². The SMILES string of the molecule is N#CC1(c2cccc(C3CCCNC3)c2)CCC1. The first-order valence-corrected chi connectivity index (χ1v) is 7.06. The Kier molecular flexibility index (Phi) is 3.09. The molecule has 18 heavy (non-hydrogen) atoms. The number of nitrogens with one attached hydrogen (secondary N) is 1. The van der Waals surface area contributed by atoms with E-state index < -0.39 is 0 Å². The summed E-state index contributed by atoms with van der Waals surface area (Å²) in [6.45, 7) is 2.24. The second kappa shape index (κ2) is 4.74. The van der Waals surface area contributed by atoms with Gasteiger partial charge < -0.3 is 5.32 Å². The fraction of sp³-hybridized carbons (Fsp3) is 0.562. The molecule has 1 aliphatic heterocycles. The smallest absolute Gasteiger partial charge is 0.0822 e. The van der Waals surface area contributed by atoms with Crippen molar-refractivity contribution in [2.45, 2.75) is 43.4 Å². The van der Waals surface area contributed by atoms with Gasteiger partial charge in [0.1, 0.15) is 0 Å². The third-order valence-electron chi connectivity index (χ3n) is 4.63. The summed E-state index contributed by atoms with van der Waals surface area (Å²) in [6, 6.07) is 11.3. The van der Waals surface area contributed by atoms with E-state index in [-0.39, 0.29) is 5.41 Å².